The molecule has 3 rings (SSSR count). The van der Waals surface area contributed by atoms with Gasteiger partial charge in [-0.3, -0.25) is 19.4 Å². The Kier molecular flexibility index (Phi) is 6.63. The van der Waals surface area contributed by atoms with Crippen molar-refractivity contribution in [3.8, 4) is 0 Å². The smallest absolute Gasteiger partial charge is 0.326 e. The van der Waals surface area contributed by atoms with Gasteiger partial charge in [0.1, 0.15) is 6.04 Å². The number of nitrogens with one attached hydrogen (secondary N) is 3. The predicted octanol–water partition coefficient (Wildman–Crippen LogP) is 0.560. The minimum Gasteiger partial charge on any atom is -0.481 e. The van der Waals surface area contributed by atoms with Crippen LogP contribution in [0.25, 0.3) is 11.0 Å². The summed E-state index contributed by atoms with van der Waals surface area (Å²) in [7, 11) is 0. The third-order valence-electron chi connectivity index (χ3n) is 4.50. The molecule has 0 saturated heterocycles. The topological polar surface area (TPSA) is 200 Å². The number of amides is 1. The van der Waals surface area contributed by atoms with E-state index in [1.165, 1.54) is 12.1 Å². The zero-order chi connectivity index (χ0) is 23.3. The highest BCUT2D eigenvalue weighted by Crippen LogP contribution is 2.13. The van der Waals surface area contributed by atoms with E-state index in [9.17, 15) is 19.2 Å². The van der Waals surface area contributed by atoms with Crippen LogP contribution in [0, 0.1) is 0 Å². The standard InChI is InChI=1S/C20H20N6O6/c21-20-25-13-6-5-12(23-16(13)18(30)26-20)9-22-11-3-1-10(2-4-11)17(29)24-14(19(31)32)7-8-15(27)28/h1-6,14,22H,7-9H2,(H,24,29)(H,27,28)(H,31,32)(H3,21,25,26,30)/t14-/m0/s1. The fourth-order valence-electron chi connectivity index (χ4n) is 2.88. The lowest BCUT2D eigenvalue weighted by Gasteiger charge is -2.14. The predicted molar refractivity (Wildman–Crippen MR) is 114 cm³/mol. The Bertz CT molecular complexity index is 1220. The lowest BCUT2D eigenvalue weighted by atomic mass is 10.1. The number of hydrogen-bond acceptors (Lipinski definition) is 8. The number of hydrogen-bond donors (Lipinski definition) is 6. The number of aliphatic carboxylic acids is 2. The van der Waals surface area contributed by atoms with Gasteiger partial charge in [0.2, 0.25) is 5.95 Å². The van der Waals surface area contributed by atoms with Gasteiger partial charge in [0.15, 0.2) is 5.52 Å². The summed E-state index contributed by atoms with van der Waals surface area (Å²) in [6.07, 6.45) is -0.599. The molecule has 3 aromatic rings. The summed E-state index contributed by atoms with van der Waals surface area (Å²) in [5, 5.41) is 23.3. The number of carbonyl (C=O) groups is 3. The SMILES string of the molecule is Nc1nc2ccc(CNc3ccc(C(=O)N[C@@H](CCC(=O)O)C(=O)O)cc3)nc2c(=O)[nH]1. The Balaban J connectivity index is 1.62. The van der Waals surface area contributed by atoms with Crippen LogP contribution in [-0.2, 0) is 16.1 Å². The molecule has 12 heteroatoms. The first kappa shape index (κ1) is 22.2. The highest BCUT2D eigenvalue weighted by molar-refractivity contribution is 5.96. The van der Waals surface area contributed by atoms with E-state index in [4.69, 9.17) is 15.9 Å². The van der Waals surface area contributed by atoms with Crippen LogP contribution in [0.5, 0.6) is 0 Å². The molecule has 32 heavy (non-hydrogen) atoms. The number of H-pyrrole nitrogens is 1. The van der Waals surface area contributed by atoms with Crippen molar-refractivity contribution in [2.24, 2.45) is 0 Å². The van der Waals surface area contributed by atoms with E-state index < -0.39 is 29.4 Å². The van der Waals surface area contributed by atoms with E-state index in [1.54, 1.807) is 24.3 Å². The van der Waals surface area contributed by atoms with Crippen molar-refractivity contribution >= 4 is 40.5 Å². The molecule has 1 aromatic carbocycles. The van der Waals surface area contributed by atoms with Crippen LogP contribution in [0.3, 0.4) is 0 Å². The zero-order valence-corrected chi connectivity index (χ0v) is 16.7. The number of nitrogens with two attached hydrogens (primary N) is 1. The van der Waals surface area contributed by atoms with Gasteiger partial charge in [0, 0.05) is 17.7 Å². The molecule has 7 N–H and O–H groups in total. The van der Waals surface area contributed by atoms with Crippen LogP contribution in [0.15, 0.2) is 41.2 Å². The molecule has 0 fully saturated rings. The Morgan fingerprint density at radius 1 is 1.06 bits per heavy atom. The summed E-state index contributed by atoms with van der Waals surface area (Å²) in [6, 6.07) is 8.28. The molecule has 2 heterocycles. The van der Waals surface area contributed by atoms with Gasteiger partial charge in [-0.2, -0.15) is 0 Å². The molecule has 0 saturated carbocycles. The highest BCUT2D eigenvalue weighted by Gasteiger charge is 2.21. The van der Waals surface area contributed by atoms with Gasteiger partial charge >= 0.3 is 11.9 Å². The number of fused-ring (bicyclic) bond motifs is 1. The highest BCUT2D eigenvalue weighted by atomic mass is 16.4. The second-order valence-corrected chi connectivity index (χ2v) is 6.85. The van der Waals surface area contributed by atoms with Crippen molar-refractivity contribution in [1.29, 1.82) is 0 Å². The number of nitrogens with zero attached hydrogens (tertiary/aromatic N) is 2. The Morgan fingerprint density at radius 3 is 2.44 bits per heavy atom. The molecule has 0 aliphatic rings. The molecule has 166 valence electrons. The fourth-order valence-corrected chi connectivity index (χ4v) is 2.88. The van der Waals surface area contributed by atoms with E-state index in [-0.39, 0.29) is 29.9 Å². The number of aromatic nitrogens is 3. The van der Waals surface area contributed by atoms with Crippen molar-refractivity contribution < 1.29 is 24.6 Å². The normalized spacial score (nSPS) is 11.6. The molecule has 0 unspecified atom stereocenters. The van der Waals surface area contributed by atoms with E-state index in [0.717, 1.165) is 0 Å². The third kappa shape index (κ3) is 5.56. The monoisotopic (exact) mass is 440 g/mol. The van der Waals surface area contributed by atoms with E-state index >= 15 is 0 Å². The summed E-state index contributed by atoms with van der Waals surface area (Å²) in [4.78, 5) is 56.8. The molecular weight excluding hydrogens is 420 g/mol. The molecule has 0 bridgehead atoms. The summed E-state index contributed by atoms with van der Waals surface area (Å²) < 4.78 is 0. The first-order chi connectivity index (χ1) is 15.2. The molecular formula is C20H20N6O6. The number of carboxylic acids is 2. The maximum Gasteiger partial charge on any atom is 0.326 e. The summed E-state index contributed by atoms with van der Waals surface area (Å²) in [6.45, 7) is 0.293. The maximum atomic E-state index is 12.3. The van der Waals surface area contributed by atoms with E-state index in [1.807, 2.05) is 0 Å². The number of rotatable bonds is 9. The quantitative estimate of drug-likeness (QED) is 0.273. The van der Waals surface area contributed by atoms with Crippen molar-refractivity contribution in [2.45, 2.75) is 25.4 Å². The summed E-state index contributed by atoms with van der Waals surface area (Å²) >= 11 is 0. The number of anilines is 2. The molecule has 1 atom stereocenters. The second kappa shape index (κ2) is 9.55. The van der Waals surface area contributed by atoms with Gasteiger partial charge in [-0.25, -0.2) is 14.8 Å². The van der Waals surface area contributed by atoms with Crippen LogP contribution >= 0.6 is 0 Å². The second-order valence-electron chi connectivity index (χ2n) is 6.85. The van der Waals surface area contributed by atoms with Crippen LogP contribution in [0.1, 0.15) is 28.9 Å². The molecule has 0 aliphatic carbocycles. The molecule has 0 radical (unpaired) electrons. The van der Waals surface area contributed by atoms with Crippen LogP contribution in [-0.4, -0.2) is 49.1 Å². The minimum atomic E-state index is -1.31. The number of aromatic amines is 1. The van der Waals surface area contributed by atoms with Crippen molar-refractivity contribution in [3.63, 3.8) is 0 Å². The molecule has 1 amide bonds. The van der Waals surface area contributed by atoms with Gasteiger partial charge < -0.3 is 26.6 Å². The van der Waals surface area contributed by atoms with Crippen molar-refractivity contribution in [2.75, 3.05) is 11.1 Å². The fraction of sp³-hybridized carbons (Fsp3) is 0.200. The zero-order valence-electron chi connectivity index (χ0n) is 16.7. The molecule has 12 nitrogen and oxygen atoms in total. The molecule has 0 spiro atoms. The van der Waals surface area contributed by atoms with Gasteiger partial charge in [0.05, 0.1) is 17.8 Å². The number of benzene rings is 1. The minimum absolute atomic E-state index is 0.0101. The Morgan fingerprint density at radius 2 is 1.78 bits per heavy atom. The third-order valence-corrected chi connectivity index (χ3v) is 4.50. The number of carboxylic acid groups (broad SMARTS) is 2. The summed E-state index contributed by atoms with van der Waals surface area (Å²) in [5.74, 6) is -3.07. The Hall–Kier alpha value is -4.48. The largest absolute Gasteiger partial charge is 0.481 e. The number of nitrogen functional groups attached to an aromatic ring is 1. The van der Waals surface area contributed by atoms with E-state index in [0.29, 0.717) is 23.4 Å². The lowest BCUT2D eigenvalue weighted by Crippen LogP contribution is -2.41. The lowest BCUT2D eigenvalue weighted by molar-refractivity contribution is -0.140. The van der Waals surface area contributed by atoms with Gasteiger partial charge in [-0.1, -0.05) is 0 Å². The van der Waals surface area contributed by atoms with Crippen LogP contribution in [0.2, 0.25) is 0 Å². The average molecular weight is 440 g/mol. The number of pyridine rings is 1. The molecule has 0 aliphatic heterocycles. The first-order valence-corrected chi connectivity index (χ1v) is 9.48. The van der Waals surface area contributed by atoms with Gasteiger partial charge in [-0.05, 0) is 42.8 Å². The van der Waals surface area contributed by atoms with Crippen molar-refractivity contribution in [1.82, 2.24) is 20.3 Å². The average Bonchev–Trinajstić information content (AvgIpc) is 2.75. The van der Waals surface area contributed by atoms with Gasteiger partial charge in [-0.15, -0.1) is 0 Å². The Labute approximate surface area is 180 Å². The van der Waals surface area contributed by atoms with Crippen molar-refractivity contribution in [3.05, 3.63) is 58.0 Å². The summed E-state index contributed by atoms with van der Waals surface area (Å²) in [5.41, 5.74) is 7.09. The maximum absolute atomic E-state index is 12.3. The van der Waals surface area contributed by atoms with E-state index in [2.05, 4.69) is 25.6 Å². The van der Waals surface area contributed by atoms with Crippen LogP contribution in [0.4, 0.5) is 11.6 Å². The molecule has 2 aromatic heterocycles. The van der Waals surface area contributed by atoms with Gasteiger partial charge in [0.25, 0.3) is 11.5 Å². The van der Waals surface area contributed by atoms with Crippen LogP contribution < -0.4 is 21.9 Å². The first-order valence-electron chi connectivity index (χ1n) is 9.48. The number of carbonyl (C=O) groups excluding carboxylic acids is 1.